The molecule has 5 rings (SSSR count). The summed E-state index contributed by atoms with van der Waals surface area (Å²) < 4.78 is 16.1. The number of rotatable bonds is 7. The number of fused-ring (bicyclic) bond motifs is 3. The third-order valence-corrected chi connectivity index (χ3v) is 7.63. The number of nitro groups is 1. The van der Waals surface area contributed by atoms with Gasteiger partial charge in [0.1, 0.15) is 6.04 Å². The molecule has 2 aliphatic heterocycles. The number of nitro benzene ring substituents is 1. The average molecular weight is 540 g/mol. The number of nitriles is 1. The molecule has 0 aromatic heterocycles. The van der Waals surface area contributed by atoms with Crippen LogP contribution in [-0.4, -0.2) is 50.1 Å². The maximum Gasteiger partial charge on any atom is 0.329 e. The summed E-state index contributed by atoms with van der Waals surface area (Å²) in [4.78, 5) is 40.9. The highest BCUT2D eigenvalue weighted by molar-refractivity contribution is 6.06. The van der Waals surface area contributed by atoms with Crippen LogP contribution in [0.4, 0.5) is 11.4 Å². The molecule has 4 atom stereocenters. The van der Waals surface area contributed by atoms with E-state index < -0.39 is 40.1 Å². The van der Waals surface area contributed by atoms with Gasteiger partial charge in [-0.25, -0.2) is 0 Å². The van der Waals surface area contributed by atoms with Crippen molar-refractivity contribution >= 4 is 29.2 Å². The van der Waals surface area contributed by atoms with Gasteiger partial charge >= 0.3 is 5.97 Å². The molecule has 202 valence electrons. The van der Waals surface area contributed by atoms with E-state index in [2.05, 4.69) is 6.07 Å². The number of ether oxygens (including phenoxy) is 3. The molecule has 2 heterocycles. The molecule has 10 heteroatoms. The summed E-state index contributed by atoms with van der Waals surface area (Å²) in [5, 5.41) is 22.3. The van der Waals surface area contributed by atoms with Gasteiger partial charge in [0.05, 0.1) is 38.4 Å². The predicted molar refractivity (Wildman–Crippen MR) is 145 cm³/mol. The van der Waals surface area contributed by atoms with Gasteiger partial charge in [-0.1, -0.05) is 48.6 Å². The molecule has 0 unspecified atom stereocenters. The summed E-state index contributed by atoms with van der Waals surface area (Å²) in [7, 11) is 4.15. The lowest BCUT2D eigenvalue weighted by molar-refractivity contribution is -0.384. The van der Waals surface area contributed by atoms with Crippen LogP contribution >= 0.6 is 0 Å². The lowest BCUT2D eigenvalue weighted by atomic mass is 9.68. The summed E-state index contributed by atoms with van der Waals surface area (Å²) in [6.07, 6.45) is 3.55. The molecule has 0 amide bonds. The minimum Gasteiger partial charge on any atom is -0.493 e. The third-order valence-electron chi connectivity index (χ3n) is 7.63. The molecule has 0 saturated carbocycles. The Labute approximate surface area is 230 Å². The zero-order valence-electron chi connectivity index (χ0n) is 21.9. The van der Waals surface area contributed by atoms with Crippen LogP contribution < -0.4 is 14.4 Å². The summed E-state index contributed by atoms with van der Waals surface area (Å²) >= 11 is 0. The number of esters is 1. The van der Waals surface area contributed by atoms with Gasteiger partial charge in [0.25, 0.3) is 5.69 Å². The number of methoxy groups -OCH3 is 3. The Bertz CT molecular complexity index is 1590. The van der Waals surface area contributed by atoms with Gasteiger partial charge < -0.3 is 19.1 Å². The molecule has 10 nitrogen and oxygen atoms in total. The van der Waals surface area contributed by atoms with E-state index in [1.54, 1.807) is 35.2 Å². The zero-order chi connectivity index (χ0) is 28.6. The number of carbonyl (C=O) groups is 2. The third kappa shape index (κ3) is 3.86. The van der Waals surface area contributed by atoms with E-state index in [0.29, 0.717) is 22.7 Å². The lowest BCUT2D eigenvalue weighted by Crippen LogP contribution is -2.46. The molecular formula is C30H25N3O7. The van der Waals surface area contributed by atoms with Crippen LogP contribution in [0, 0.1) is 26.9 Å². The molecule has 2 aliphatic rings. The molecule has 40 heavy (non-hydrogen) atoms. The number of carbonyl (C=O) groups excluding carboxylic acids is 2. The Morgan fingerprint density at radius 3 is 2.42 bits per heavy atom. The van der Waals surface area contributed by atoms with E-state index in [1.807, 2.05) is 24.3 Å². The smallest absolute Gasteiger partial charge is 0.329 e. The van der Waals surface area contributed by atoms with Crippen LogP contribution in [0.1, 0.15) is 27.4 Å². The molecular weight excluding hydrogens is 514 g/mol. The van der Waals surface area contributed by atoms with Crippen LogP contribution in [0.15, 0.2) is 72.8 Å². The first-order chi connectivity index (χ1) is 19.3. The fourth-order valence-corrected chi connectivity index (χ4v) is 5.90. The van der Waals surface area contributed by atoms with Gasteiger partial charge in [-0.15, -0.1) is 0 Å². The number of benzene rings is 3. The Balaban J connectivity index is 1.82. The van der Waals surface area contributed by atoms with Gasteiger partial charge in [-0.2, -0.15) is 5.26 Å². The van der Waals surface area contributed by atoms with Crippen LogP contribution in [0.2, 0.25) is 0 Å². The Morgan fingerprint density at radius 2 is 1.75 bits per heavy atom. The van der Waals surface area contributed by atoms with Crippen molar-refractivity contribution in [2.24, 2.45) is 5.41 Å². The van der Waals surface area contributed by atoms with E-state index in [0.717, 1.165) is 5.56 Å². The van der Waals surface area contributed by atoms with Crippen molar-refractivity contribution in [3.63, 3.8) is 0 Å². The maximum atomic E-state index is 14.5. The quantitative estimate of drug-likeness (QED) is 0.184. The molecule has 0 aliphatic carbocycles. The number of non-ortho nitro benzene ring substituents is 1. The number of hydrogen-bond donors (Lipinski definition) is 0. The lowest BCUT2D eigenvalue weighted by Gasteiger charge is -2.36. The van der Waals surface area contributed by atoms with E-state index in [1.165, 1.54) is 45.6 Å². The van der Waals surface area contributed by atoms with Gasteiger partial charge in [0.15, 0.2) is 22.7 Å². The predicted octanol–water partition coefficient (Wildman–Crippen LogP) is 4.55. The summed E-state index contributed by atoms with van der Waals surface area (Å²) in [6.45, 7) is 0. The van der Waals surface area contributed by atoms with Crippen molar-refractivity contribution in [3.8, 4) is 17.6 Å². The number of Topliss-reactive ketones (excluding diaryl/α,β-unsaturated/α-hetero) is 1. The maximum absolute atomic E-state index is 14.5. The van der Waals surface area contributed by atoms with Crippen LogP contribution in [-0.2, 0) is 9.53 Å². The molecule has 0 bridgehead atoms. The second-order valence-electron chi connectivity index (χ2n) is 9.45. The largest absolute Gasteiger partial charge is 0.493 e. The average Bonchev–Trinajstić information content (AvgIpc) is 3.31. The van der Waals surface area contributed by atoms with Gasteiger partial charge in [0.2, 0.25) is 0 Å². The summed E-state index contributed by atoms with van der Waals surface area (Å²) in [5.74, 6) is -1.58. The molecule has 0 spiro atoms. The Kier molecular flexibility index (Phi) is 6.73. The molecule has 3 aromatic carbocycles. The molecule has 3 aromatic rings. The summed E-state index contributed by atoms with van der Waals surface area (Å²) in [6, 6.07) is 18.0. The minimum absolute atomic E-state index is 0.0778. The number of hydrogen-bond acceptors (Lipinski definition) is 9. The van der Waals surface area contributed by atoms with Crippen molar-refractivity contribution in [1.82, 2.24) is 0 Å². The standard InChI is InChI=1S/C30H25N3O7/c1-38-23-13-11-19(16-24(23)39-2)26-27(28(34)20-8-6-9-21(15-20)33(36)37)32-22-10-5-4-7-18(22)12-14-25(32)30(26,17-31)29(35)40-3/h4-16,25-27H,1-3H3/t25-,26+,27+,30-/m0/s1. The van der Waals surface area contributed by atoms with Gasteiger partial charge in [0, 0.05) is 29.3 Å². The van der Waals surface area contributed by atoms with E-state index in [4.69, 9.17) is 14.2 Å². The van der Waals surface area contributed by atoms with E-state index in [9.17, 15) is 25.0 Å². The Hall–Kier alpha value is -5.17. The second-order valence-corrected chi connectivity index (χ2v) is 9.45. The fraction of sp³-hybridized carbons (Fsp3) is 0.233. The SMILES string of the molecule is COC(=O)[C@]1(C#N)[C@H](c2ccc(OC)c(OC)c2)[C@H](C(=O)c2cccc([N+](=O)[O-])c2)N2c3ccccc3C=C[C@H]21. The monoisotopic (exact) mass is 539 g/mol. The van der Waals surface area contributed by atoms with Crippen molar-refractivity contribution in [2.75, 3.05) is 26.2 Å². The topological polar surface area (TPSA) is 132 Å². The van der Waals surface area contributed by atoms with Crippen molar-refractivity contribution < 1.29 is 28.7 Å². The van der Waals surface area contributed by atoms with Crippen molar-refractivity contribution in [1.29, 1.82) is 5.26 Å². The van der Waals surface area contributed by atoms with Crippen LogP contribution in [0.3, 0.4) is 0 Å². The van der Waals surface area contributed by atoms with Crippen LogP contribution in [0.5, 0.6) is 11.5 Å². The van der Waals surface area contributed by atoms with Crippen molar-refractivity contribution in [3.05, 3.63) is 99.6 Å². The second kappa shape index (κ2) is 10.2. The van der Waals surface area contributed by atoms with Crippen LogP contribution in [0.25, 0.3) is 6.08 Å². The minimum atomic E-state index is -1.86. The first-order valence-corrected chi connectivity index (χ1v) is 12.4. The zero-order valence-corrected chi connectivity index (χ0v) is 21.9. The molecule has 0 N–H and O–H groups in total. The van der Waals surface area contributed by atoms with Gasteiger partial charge in [-0.3, -0.25) is 19.7 Å². The van der Waals surface area contributed by atoms with Crippen molar-refractivity contribution in [2.45, 2.75) is 18.0 Å². The number of para-hydroxylation sites is 1. The highest BCUT2D eigenvalue weighted by Crippen LogP contribution is 2.57. The number of anilines is 1. The molecule has 0 radical (unpaired) electrons. The normalized spacial score (nSPS) is 22.4. The number of ketones is 1. The molecule has 1 fully saturated rings. The fourth-order valence-electron chi connectivity index (χ4n) is 5.90. The number of nitrogens with zero attached hydrogens (tertiary/aromatic N) is 3. The summed E-state index contributed by atoms with van der Waals surface area (Å²) in [5.41, 5.74) is -0.130. The first-order valence-electron chi connectivity index (χ1n) is 12.4. The highest BCUT2D eigenvalue weighted by Gasteiger charge is 2.67. The van der Waals surface area contributed by atoms with E-state index >= 15 is 0 Å². The van der Waals surface area contributed by atoms with E-state index in [-0.39, 0.29) is 11.3 Å². The first kappa shape index (κ1) is 26.4. The Morgan fingerprint density at radius 1 is 1.00 bits per heavy atom. The highest BCUT2D eigenvalue weighted by atomic mass is 16.6. The molecule has 1 saturated heterocycles. The van der Waals surface area contributed by atoms with Gasteiger partial charge in [-0.05, 0) is 29.3 Å².